The zero-order valence-corrected chi connectivity index (χ0v) is 34.5. The first-order valence-electron chi connectivity index (χ1n) is 20.5. The summed E-state index contributed by atoms with van der Waals surface area (Å²) in [4.78, 5) is 26.4. The Morgan fingerprint density at radius 2 is 1.23 bits per heavy atom. The third kappa shape index (κ3) is 17.1. The maximum absolute atomic E-state index is 13.4. The molecule has 0 aromatic carbocycles. The van der Waals surface area contributed by atoms with Crippen molar-refractivity contribution in [1.29, 1.82) is 0 Å². The van der Waals surface area contributed by atoms with E-state index in [9.17, 15) is 9.59 Å². The van der Waals surface area contributed by atoms with Gasteiger partial charge in [0.05, 0.1) is 6.04 Å². The van der Waals surface area contributed by atoms with E-state index in [0.717, 1.165) is 58.0 Å². The molecule has 0 radical (unpaired) electrons. The molecule has 10 atom stereocenters. The molecule has 1 saturated carbocycles. The van der Waals surface area contributed by atoms with Crippen molar-refractivity contribution in [3.8, 4) is 0 Å². The van der Waals surface area contributed by atoms with Crippen molar-refractivity contribution >= 4 is 11.6 Å². The van der Waals surface area contributed by atoms with Crippen LogP contribution in [0.1, 0.15) is 173 Å². The number of ketones is 2. The van der Waals surface area contributed by atoms with Gasteiger partial charge in [-0.25, -0.2) is 0 Å². The van der Waals surface area contributed by atoms with Crippen LogP contribution in [0, 0.1) is 46.8 Å². The van der Waals surface area contributed by atoms with Crippen molar-refractivity contribution in [3.63, 3.8) is 0 Å². The lowest BCUT2D eigenvalue weighted by atomic mass is 9.79. The van der Waals surface area contributed by atoms with Gasteiger partial charge in [0.15, 0.2) is 0 Å². The van der Waals surface area contributed by atoms with Crippen molar-refractivity contribution in [1.82, 2.24) is 10.6 Å². The van der Waals surface area contributed by atoms with Gasteiger partial charge in [0.25, 0.3) is 0 Å². The molecule has 1 rings (SSSR count). The topological polar surface area (TPSA) is 58.2 Å². The fraction of sp³-hybridized carbons (Fsp3) is 0.864. The van der Waals surface area contributed by atoms with Crippen LogP contribution >= 0.6 is 0 Å². The number of carbonyl (C=O) groups excluding carboxylic acids is 2. The summed E-state index contributed by atoms with van der Waals surface area (Å²) in [6.45, 7) is 39.8. The molecule has 0 heterocycles. The lowest BCUT2D eigenvalue weighted by molar-refractivity contribution is -0.127. The number of Topliss-reactive ketones (excluding diaryl/α,β-unsaturated/α-hetero) is 2. The molecule has 0 spiro atoms. The molecule has 4 nitrogen and oxygen atoms in total. The van der Waals surface area contributed by atoms with Gasteiger partial charge in [0.1, 0.15) is 11.6 Å². The highest BCUT2D eigenvalue weighted by molar-refractivity contribution is 5.90. The second kappa shape index (κ2) is 24.8. The van der Waals surface area contributed by atoms with Crippen LogP contribution in [0.25, 0.3) is 0 Å². The molecule has 0 aromatic heterocycles. The van der Waals surface area contributed by atoms with Crippen LogP contribution in [-0.4, -0.2) is 36.7 Å². The zero-order valence-electron chi connectivity index (χ0n) is 34.5. The predicted octanol–water partition coefficient (Wildman–Crippen LogP) is 11.8. The maximum atomic E-state index is 13.4. The summed E-state index contributed by atoms with van der Waals surface area (Å²) < 4.78 is 0. The molecule has 282 valence electrons. The van der Waals surface area contributed by atoms with Gasteiger partial charge in [-0.05, 0) is 85.5 Å². The minimum absolute atomic E-state index is 0.108. The molecule has 0 saturated heterocycles. The number of rotatable bonds is 26. The average Bonchev–Trinajstić information content (AvgIpc) is 3.36. The van der Waals surface area contributed by atoms with E-state index in [1.807, 2.05) is 13.8 Å². The highest BCUT2D eigenvalue weighted by Gasteiger charge is 2.44. The molecule has 4 heteroatoms. The monoisotopic (exact) mass is 673 g/mol. The van der Waals surface area contributed by atoms with Crippen LogP contribution in [0.4, 0.5) is 0 Å². The first-order valence-corrected chi connectivity index (χ1v) is 20.5. The van der Waals surface area contributed by atoms with Crippen LogP contribution in [-0.2, 0) is 9.59 Å². The Kier molecular flexibility index (Phi) is 24.2. The predicted molar refractivity (Wildman–Crippen MR) is 213 cm³/mol. The van der Waals surface area contributed by atoms with Crippen LogP contribution < -0.4 is 10.6 Å². The highest BCUT2D eigenvalue weighted by atomic mass is 16.1. The van der Waals surface area contributed by atoms with Crippen molar-refractivity contribution in [2.75, 3.05) is 13.1 Å². The van der Waals surface area contributed by atoms with E-state index in [0.29, 0.717) is 60.7 Å². The maximum Gasteiger partial charge on any atom is 0.150 e. The molecule has 0 aliphatic heterocycles. The van der Waals surface area contributed by atoms with E-state index < -0.39 is 0 Å². The number of nitrogens with one attached hydrogen (secondary N) is 2. The minimum atomic E-state index is -0.363. The Hall–Kier alpha value is -1.26. The van der Waals surface area contributed by atoms with Gasteiger partial charge >= 0.3 is 0 Å². The van der Waals surface area contributed by atoms with E-state index in [2.05, 4.69) is 100.0 Å². The SMILES string of the molecule is C=C(CC(C)CC)CC(NCC(CC)C1CC(C)C(C)(CNC(CC(=O)CC(C)CC)C(=O)CC(C)CC)C1)C(=C)CC(C)CC.CC. The molecule has 10 unspecified atom stereocenters. The van der Waals surface area contributed by atoms with Gasteiger partial charge in [-0.1, -0.05) is 146 Å². The average molecular weight is 673 g/mol. The summed E-state index contributed by atoms with van der Waals surface area (Å²) in [7, 11) is 0. The van der Waals surface area contributed by atoms with Crippen LogP contribution in [0.15, 0.2) is 24.3 Å². The molecule has 0 amide bonds. The Labute approximate surface area is 300 Å². The second-order valence-corrected chi connectivity index (χ2v) is 16.5. The molecule has 2 N–H and O–H groups in total. The van der Waals surface area contributed by atoms with Crippen molar-refractivity contribution in [2.45, 2.75) is 186 Å². The summed E-state index contributed by atoms with van der Waals surface area (Å²) in [6.07, 6.45) is 12.5. The molecule has 0 aromatic rings. The largest absolute Gasteiger partial charge is 0.310 e. The van der Waals surface area contributed by atoms with E-state index in [1.165, 1.54) is 30.4 Å². The smallest absolute Gasteiger partial charge is 0.150 e. The van der Waals surface area contributed by atoms with Gasteiger partial charge in [-0.2, -0.15) is 0 Å². The van der Waals surface area contributed by atoms with Gasteiger partial charge in [0, 0.05) is 31.8 Å². The highest BCUT2D eigenvalue weighted by Crippen LogP contribution is 2.49. The van der Waals surface area contributed by atoms with Crippen LogP contribution in [0.5, 0.6) is 0 Å². The lowest BCUT2D eigenvalue weighted by Gasteiger charge is -2.33. The quantitative estimate of drug-likeness (QED) is 0.0898. The van der Waals surface area contributed by atoms with Gasteiger partial charge in [-0.15, -0.1) is 0 Å². The third-order valence-corrected chi connectivity index (χ3v) is 12.1. The number of carbonyl (C=O) groups is 2. The number of hydrogen-bond donors (Lipinski definition) is 2. The fourth-order valence-corrected chi connectivity index (χ4v) is 7.40. The van der Waals surface area contributed by atoms with E-state index >= 15 is 0 Å². The van der Waals surface area contributed by atoms with Crippen LogP contribution in [0.2, 0.25) is 0 Å². The third-order valence-electron chi connectivity index (χ3n) is 12.1. The van der Waals surface area contributed by atoms with E-state index in [-0.39, 0.29) is 29.1 Å². The summed E-state index contributed by atoms with van der Waals surface area (Å²) in [5.74, 6) is 4.29. The Morgan fingerprint density at radius 1 is 0.708 bits per heavy atom. The first-order chi connectivity index (χ1) is 22.6. The van der Waals surface area contributed by atoms with Crippen molar-refractivity contribution < 1.29 is 9.59 Å². The van der Waals surface area contributed by atoms with Crippen molar-refractivity contribution in [2.24, 2.45) is 46.8 Å². The zero-order chi connectivity index (χ0) is 37.0. The molecule has 48 heavy (non-hydrogen) atoms. The Morgan fingerprint density at radius 3 is 1.77 bits per heavy atom. The molecule has 1 aliphatic carbocycles. The van der Waals surface area contributed by atoms with E-state index in [4.69, 9.17) is 0 Å². The molecular formula is C44H84N2O2. The summed E-state index contributed by atoms with van der Waals surface area (Å²) in [5.41, 5.74) is 2.79. The van der Waals surface area contributed by atoms with Crippen molar-refractivity contribution in [3.05, 3.63) is 24.3 Å². The van der Waals surface area contributed by atoms with Gasteiger partial charge in [-0.3, -0.25) is 9.59 Å². The first kappa shape index (κ1) is 46.7. The van der Waals surface area contributed by atoms with Gasteiger partial charge in [0.2, 0.25) is 0 Å². The Bertz CT molecular complexity index is 927. The standard InChI is InChI=1S/C42H78N2O2.C2H6/c1-14-29(6)19-33(10)22-39(34(11)20-30(7)15-2)43-27-36(18-5)37-24-35(12)42(13,26-37)28-44-40(41(46)23-32(9)17-4)25-38(45)21-31(8)16-3;1-2/h29-32,35-37,39-40,43-44H,10-11,14-28H2,1-9,12-13H3;1-2H3. The molecular weight excluding hydrogens is 588 g/mol. The minimum Gasteiger partial charge on any atom is -0.310 e. The second-order valence-electron chi connectivity index (χ2n) is 16.5. The van der Waals surface area contributed by atoms with Gasteiger partial charge < -0.3 is 10.6 Å². The fourth-order valence-electron chi connectivity index (χ4n) is 7.40. The summed E-state index contributed by atoms with van der Waals surface area (Å²) in [6, 6.07) is -0.0743. The van der Waals surface area contributed by atoms with E-state index in [1.54, 1.807) is 0 Å². The normalized spacial score (nSPS) is 23.6. The number of hydrogen-bond acceptors (Lipinski definition) is 4. The molecule has 1 fully saturated rings. The molecule has 0 bridgehead atoms. The summed E-state index contributed by atoms with van der Waals surface area (Å²) >= 11 is 0. The summed E-state index contributed by atoms with van der Waals surface area (Å²) in [5, 5.41) is 7.70. The Balaban J connectivity index is 0.0000108. The lowest BCUT2D eigenvalue weighted by Crippen LogP contribution is -2.45. The molecule has 1 aliphatic rings. The van der Waals surface area contributed by atoms with Crippen LogP contribution in [0.3, 0.4) is 0 Å².